The fourth-order valence-electron chi connectivity index (χ4n) is 2.41. The first-order valence-electron chi connectivity index (χ1n) is 6.25. The van der Waals surface area contributed by atoms with Crippen molar-refractivity contribution in [3.8, 4) is 0 Å². The number of rotatable bonds is 1. The molecule has 0 unspecified atom stereocenters. The number of anilines is 1. The lowest BCUT2D eigenvalue weighted by Gasteiger charge is -2.16. The van der Waals surface area contributed by atoms with Crippen LogP contribution in [0.4, 0.5) is 5.95 Å². The number of fused-ring (bicyclic) bond motifs is 3. The molecule has 1 N–H and O–H groups in total. The highest BCUT2D eigenvalue weighted by atomic mass is 15.4. The van der Waals surface area contributed by atoms with Gasteiger partial charge in [-0.2, -0.15) is 5.10 Å². The minimum Gasteiger partial charge on any atom is -0.303 e. The molecule has 0 amide bonds. The summed E-state index contributed by atoms with van der Waals surface area (Å²) in [5.41, 5.74) is 7.33. The third-order valence-electron chi connectivity index (χ3n) is 3.36. The number of hydrogen-bond donors (Lipinski definition) is 1. The highest BCUT2D eigenvalue weighted by Crippen LogP contribution is 2.23. The zero-order valence-corrected chi connectivity index (χ0v) is 10.2. The molecule has 2 aromatic carbocycles. The van der Waals surface area contributed by atoms with Gasteiger partial charge in [-0.1, -0.05) is 42.5 Å². The van der Waals surface area contributed by atoms with Gasteiger partial charge >= 0.3 is 0 Å². The van der Waals surface area contributed by atoms with Gasteiger partial charge in [0.15, 0.2) is 0 Å². The van der Waals surface area contributed by atoms with Crippen molar-refractivity contribution in [2.75, 3.05) is 5.43 Å². The standard InChI is InChI=1S/C15H12N4/c1-2-6-11(7-3-1)13-10-19-14-9-5-4-8-12(14)16-15(19)18-17-13/h1-9H,10H2,(H,16,18). The Morgan fingerprint density at radius 3 is 2.63 bits per heavy atom. The Morgan fingerprint density at radius 1 is 0.947 bits per heavy atom. The molecule has 0 spiro atoms. The summed E-state index contributed by atoms with van der Waals surface area (Å²) in [6, 6.07) is 18.4. The van der Waals surface area contributed by atoms with Crippen LogP contribution in [0.5, 0.6) is 0 Å². The average Bonchev–Trinajstić information content (AvgIpc) is 2.86. The first kappa shape index (κ1) is 10.3. The molecule has 3 aromatic rings. The van der Waals surface area contributed by atoms with Crippen LogP contribution in [0, 0.1) is 0 Å². The lowest BCUT2D eigenvalue weighted by Crippen LogP contribution is -2.20. The number of nitrogens with one attached hydrogen (secondary N) is 1. The van der Waals surface area contributed by atoms with Crippen LogP contribution in [0.15, 0.2) is 59.7 Å². The summed E-state index contributed by atoms with van der Waals surface area (Å²) in [5, 5.41) is 4.42. The van der Waals surface area contributed by atoms with Crippen molar-refractivity contribution in [3.05, 3.63) is 60.2 Å². The molecule has 0 radical (unpaired) electrons. The van der Waals surface area contributed by atoms with Gasteiger partial charge in [-0.25, -0.2) is 10.4 Å². The molecule has 4 heteroatoms. The Labute approximate surface area is 110 Å². The van der Waals surface area contributed by atoms with Crippen LogP contribution < -0.4 is 5.43 Å². The van der Waals surface area contributed by atoms with Crippen LogP contribution in [0.1, 0.15) is 5.56 Å². The van der Waals surface area contributed by atoms with Crippen LogP contribution in [0.3, 0.4) is 0 Å². The molecule has 0 fully saturated rings. The van der Waals surface area contributed by atoms with Crippen LogP contribution in [0.2, 0.25) is 0 Å². The van der Waals surface area contributed by atoms with Gasteiger partial charge in [0.2, 0.25) is 5.95 Å². The summed E-state index contributed by atoms with van der Waals surface area (Å²) >= 11 is 0. The first-order chi connectivity index (χ1) is 9.42. The Kier molecular flexibility index (Phi) is 2.14. The molecule has 0 saturated heterocycles. The molecule has 4 rings (SSSR count). The van der Waals surface area contributed by atoms with E-state index in [9.17, 15) is 0 Å². The maximum atomic E-state index is 4.53. The minimum absolute atomic E-state index is 0.743. The van der Waals surface area contributed by atoms with Crippen molar-refractivity contribution in [1.82, 2.24) is 9.55 Å². The highest BCUT2D eigenvalue weighted by molar-refractivity contribution is 6.02. The molecule has 1 aliphatic rings. The Morgan fingerprint density at radius 2 is 1.74 bits per heavy atom. The second-order valence-electron chi connectivity index (χ2n) is 4.55. The SMILES string of the molecule is c1ccc(C2=NNc3nc4ccccc4n3C2)cc1. The second kappa shape index (κ2) is 3.95. The van der Waals surface area contributed by atoms with Crippen molar-refractivity contribution >= 4 is 22.7 Å². The van der Waals surface area contributed by atoms with E-state index < -0.39 is 0 Å². The molecule has 0 atom stereocenters. The summed E-state index contributed by atoms with van der Waals surface area (Å²) in [7, 11) is 0. The van der Waals surface area contributed by atoms with E-state index in [-0.39, 0.29) is 0 Å². The fourth-order valence-corrected chi connectivity index (χ4v) is 2.41. The summed E-state index contributed by atoms with van der Waals surface area (Å²) in [4.78, 5) is 4.53. The zero-order chi connectivity index (χ0) is 12.7. The normalized spacial score (nSPS) is 13.8. The van der Waals surface area contributed by atoms with Crippen LogP contribution in [-0.4, -0.2) is 15.3 Å². The quantitative estimate of drug-likeness (QED) is 0.719. The van der Waals surface area contributed by atoms with E-state index in [2.05, 4.69) is 38.3 Å². The number of imidazole rings is 1. The molecular formula is C15H12N4. The minimum atomic E-state index is 0.743. The van der Waals surface area contributed by atoms with Crippen molar-refractivity contribution in [2.45, 2.75) is 6.54 Å². The molecule has 1 aliphatic heterocycles. The molecule has 0 saturated carbocycles. The average molecular weight is 248 g/mol. The lowest BCUT2D eigenvalue weighted by molar-refractivity contribution is 0.852. The van der Waals surface area contributed by atoms with Crippen LogP contribution >= 0.6 is 0 Å². The number of nitrogens with zero attached hydrogens (tertiary/aromatic N) is 3. The second-order valence-corrected chi connectivity index (χ2v) is 4.55. The van der Waals surface area contributed by atoms with Crippen LogP contribution in [0.25, 0.3) is 11.0 Å². The van der Waals surface area contributed by atoms with E-state index in [1.54, 1.807) is 0 Å². The van der Waals surface area contributed by atoms with Crippen molar-refractivity contribution in [3.63, 3.8) is 0 Å². The Bertz CT molecular complexity index is 771. The number of hydrogen-bond acceptors (Lipinski definition) is 3. The predicted molar refractivity (Wildman–Crippen MR) is 76.3 cm³/mol. The van der Waals surface area contributed by atoms with Crippen molar-refractivity contribution in [2.24, 2.45) is 5.10 Å². The summed E-state index contributed by atoms with van der Waals surface area (Å²) < 4.78 is 2.16. The fraction of sp³-hybridized carbons (Fsp3) is 0.0667. The van der Waals surface area contributed by atoms with Gasteiger partial charge in [0.25, 0.3) is 0 Å². The first-order valence-corrected chi connectivity index (χ1v) is 6.25. The number of para-hydroxylation sites is 2. The largest absolute Gasteiger partial charge is 0.303 e. The Hall–Kier alpha value is -2.62. The van der Waals surface area contributed by atoms with Gasteiger partial charge in [-0.3, -0.25) is 0 Å². The third kappa shape index (κ3) is 1.61. The molecular weight excluding hydrogens is 236 g/mol. The predicted octanol–water partition coefficient (Wildman–Crippen LogP) is 2.87. The maximum Gasteiger partial charge on any atom is 0.225 e. The summed E-state index contributed by atoms with van der Waals surface area (Å²) in [6.07, 6.45) is 0. The molecule has 92 valence electrons. The van der Waals surface area contributed by atoms with Crippen LogP contribution in [-0.2, 0) is 6.54 Å². The molecule has 2 heterocycles. The van der Waals surface area contributed by atoms with Gasteiger partial charge in [0.05, 0.1) is 23.3 Å². The molecule has 1 aromatic heterocycles. The third-order valence-corrected chi connectivity index (χ3v) is 3.36. The van der Waals surface area contributed by atoms with Gasteiger partial charge in [-0.15, -0.1) is 0 Å². The zero-order valence-electron chi connectivity index (χ0n) is 10.2. The van der Waals surface area contributed by atoms with E-state index in [0.717, 1.165) is 34.8 Å². The summed E-state index contributed by atoms with van der Waals surface area (Å²) in [5.74, 6) is 0.806. The van der Waals surface area contributed by atoms with E-state index in [1.165, 1.54) is 0 Å². The molecule has 0 bridgehead atoms. The highest BCUT2D eigenvalue weighted by Gasteiger charge is 2.17. The number of aromatic nitrogens is 2. The van der Waals surface area contributed by atoms with Crippen molar-refractivity contribution in [1.29, 1.82) is 0 Å². The number of hydrazone groups is 1. The van der Waals surface area contributed by atoms with E-state index in [1.807, 2.05) is 36.4 Å². The van der Waals surface area contributed by atoms with E-state index >= 15 is 0 Å². The monoisotopic (exact) mass is 248 g/mol. The topological polar surface area (TPSA) is 42.2 Å². The summed E-state index contributed by atoms with van der Waals surface area (Å²) in [6.45, 7) is 0.743. The van der Waals surface area contributed by atoms with Gasteiger partial charge in [0, 0.05) is 0 Å². The lowest BCUT2D eigenvalue weighted by atomic mass is 10.1. The van der Waals surface area contributed by atoms with Gasteiger partial charge in [0.1, 0.15) is 0 Å². The molecule has 19 heavy (non-hydrogen) atoms. The van der Waals surface area contributed by atoms with Crippen molar-refractivity contribution < 1.29 is 0 Å². The number of benzene rings is 2. The molecule has 4 nitrogen and oxygen atoms in total. The van der Waals surface area contributed by atoms with E-state index in [4.69, 9.17) is 0 Å². The maximum absolute atomic E-state index is 4.53. The van der Waals surface area contributed by atoms with Gasteiger partial charge in [-0.05, 0) is 17.7 Å². The Balaban J connectivity index is 1.81. The van der Waals surface area contributed by atoms with E-state index in [0.29, 0.717) is 0 Å². The smallest absolute Gasteiger partial charge is 0.225 e. The molecule has 0 aliphatic carbocycles. The van der Waals surface area contributed by atoms with Gasteiger partial charge < -0.3 is 4.57 Å².